The predicted molar refractivity (Wildman–Crippen MR) is 88.8 cm³/mol. The first-order valence-corrected chi connectivity index (χ1v) is 7.45. The molecule has 0 radical (unpaired) electrons. The number of amides is 1. The van der Waals surface area contributed by atoms with Crippen molar-refractivity contribution in [3.63, 3.8) is 0 Å². The predicted octanol–water partition coefficient (Wildman–Crippen LogP) is 2.93. The van der Waals surface area contributed by atoms with Crippen LogP contribution in [0.5, 0.6) is 5.75 Å². The maximum atomic E-state index is 11.1. The van der Waals surface area contributed by atoms with E-state index in [1.165, 1.54) is 0 Å². The molecule has 5 nitrogen and oxygen atoms in total. The fraction of sp³-hybridized carbons (Fsp3) is 0.333. The van der Waals surface area contributed by atoms with Gasteiger partial charge in [-0.25, -0.2) is 0 Å². The number of rotatable bonds is 7. The van der Waals surface area contributed by atoms with Gasteiger partial charge in [-0.1, -0.05) is 24.3 Å². The summed E-state index contributed by atoms with van der Waals surface area (Å²) in [7, 11) is 0. The Kier molecular flexibility index (Phi) is 4.89. The van der Waals surface area contributed by atoms with Crippen LogP contribution in [0, 0.1) is 0 Å². The lowest BCUT2D eigenvalue weighted by atomic mass is 9.98. The Hall–Kier alpha value is -2.56. The van der Waals surface area contributed by atoms with Crippen LogP contribution in [-0.4, -0.2) is 29.6 Å². The quantitative estimate of drug-likeness (QED) is 0.770. The number of hydrogen-bond donors (Lipinski definition) is 2. The number of aliphatic carboxylic acids is 1. The van der Waals surface area contributed by atoms with Gasteiger partial charge in [-0.3, -0.25) is 9.59 Å². The molecule has 0 aromatic heterocycles. The van der Waals surface area contributed by atoms with Crippen molar-refractivity contribution in [3.05, 3.63) is 42.0 Å². The summed E-state index contributed by atoms with van der Waals surface area (Å²) in [5, 5.41) is 13.7. The zero-order chi connectivity index (χ0) is 17.0. The van der Waals surface area contributed by atoms with Crippen molar-refractivity contribution in [1.82, 2.24) is 5.32 Å². The smallest absolute Gasteiger partial charge is 0.310 e. The molecule has 2 aromatic carbocycles. The van der Waals surface area contributed by atoms with E-state index in [9.17, 15) is 9.59 Å². The molecule has 2 N–H and O–H groups in total. The highest BCUT2D eigenvalue weighted by atomic mass is 16.5. The largest absolute Gasteiger partial charge is 0.486 e. The third-order valence-electron chi connectivity index (χ3n) is 3.71. The molecular formula is C18H21NO4. The van der Waals surface area contributed by atoms with Crippen LogP contribution in [0.1, 0.15) is 32.3 Å². The minimum Gasteiger partial charge on any atom is -0.486 e. The van der Waals surface area contributed by atoms with Gasteiger partial charge in [-0.2, -0.15) is 0 Å². The molecule has 0 spiro atoms. The molecule has 2 aromatic rings. The summed E-state index contributed by atoms with van der Waals surface area (Å²) < 4.78 is 5.91. The van der Waals surface area contributed by atoms with Crippen LogP contribution in [-0.2, 0) is 9.59 Å². The Labute approximate surface area is 135 Å². The molecule has 1 atom stereocenters. The number of carboxylic acids is 1. The van der Waals surface area contributed by atoms with Crippen molar-refractivity contribution < 1.29 is 19.4 Å². The second kappa shape index (κ2) is 6.69. The third kappa shape index (κ3) is 4.22. The van der Waals surface area contributed by atoms with Crippen molar-refractivity contribution >= 4 is 23.2 Å². The van der Waals surface area contributed by atoms with Crippen LogP contribution < -0.4 is 10.1 Å². The minimum atomic E-state index is -0.839. The van der Waals surface area contributed by atoms with Gasteiger partial charge in [0.15, 0.2) is 0 Å². The molecule has 0 aliphatic rings. The van der Waals surface area contributed by atoms with E-state index < -0.39 is 17.5 Å². The Bertz CT molecular complexity index is 724. The molecule has 0 saturated heterocycles. The maximum Gasteiger partial charge on any atom is 0.310 e. The van der Waals surface area contributed by atoms with Gasteiger partial charge in [0, 0.05) is 0 Å². The average Bonchev–Trinajstić information content (AvgIpc) is 2.51. The van der Waals surface area contributed by atoms with E-state index in [2.05, 4.69) is 5.32 Å². The summed E-state index contributed by atoms with van der Waals surface area (Å²) in [5.41, 5.74) is 0.251. The fourth-order valence-electron chi connectivity index (χ4n) is 2.36. The standard InChI is InChI=1S/C18H21NO4/c1-12(17(21)22)13-4-5-15-9-16(7-6-14(15)8-13)23-18(2,3)10-19-11-20/h4-9,11-12H,10H2,1-3H3,(H,19,20)(H,21,22). The lowest BCUT2D eigenvalue weighted by molar-refractivity contribution is -0.138. The summed E-state index contributed by atoms with van der Waals surface area (Å²) >= 11 is 0. The molecule has 0 fully saturated rings. The molecular weight excluding hydrogens is 294 g/mol. The number of hydrogen-bond acceptors (Lipinski definition) is 3. The third-order valence-corrected chi connectivity index (χ3v) is 3.71. The number of nitrogens with one attached hydrogen (secondary N) is 1. The highest BCUT2D eigenvalue weighted by molar-refractivity contribution is 5.86. The van der Waals surface area contributed by atoms with Crippen molar-refractivity contribution in [1.29, 1.82) is 0 Å². The van der Waals surface area contributed by atoms with Gasteiger partial charge in [0.25, 0.3) is 0 Å². The zero-order valence-corrected chi connectivity index (χ0v) is 13.5. The molecule has 0 aliphatic carbocycles. The van der Waals surface area contributed by atoms with Crippen molar-refractivity contribution in [2.45, 2.75) is 32.3 Å². The second-order valence-corrected chi connectivity index (χ2v) is 6.19. The fourth-order valence-corrected chi connectivity index (χ4v) is 2.36. The van der Waals surface area contributed by atoms with Crippen LogP contribution in [0.15, 0.2) is 36.4 Å². The summed E-state index contributed by atoms with van der Waals surface area (Å²) in [6.45, 7) is 5.86. The van der Waals surface area contributed by atoms with Crippen molar-refractivity contribution in [2.24, 2.45) is 0 Å². The highest BCUT2D eigenvalue weighted by Crippen LogP contribution is 2.27. The van der Waals surface area contributed by atoms with E-state index in [1.807, 2.05) is 50.2 Å². The first-order chi connectivity index (χ1) is 10.8. The number of carbonyl (C=O) groups excluding carboxylic acids is 1. The number of benzene rings is 2. The van der Waals surface area contributed by atoms with Crippen LogP contribution in [0.2, 0.25) is 0 Å². The van der Waals surface area contributed by atoms with Crippen LogP contribution in [0.25, 0.3) is 10.8 Å². The molecule has 122 valence electrons. The molecule has 2 rings (SSSR count). The first kappa shape index (κ1) is 16.8. The highest BCUT2D eigenvalue weighted by Gasteiger charge is 2.19. The SMILES string of the molecule is CC(C(=O)O)c1ccc2cc(OC(C)(C)CNC=O)ccc2c1. The summed E-state index contributed by atoms with van der Waals surface area (Å²) in [6, 6.07) is 11.3. The number of ether oxygens (including phenoxy) is 1. The Morgan fingerprint density at radius 3 is 2.57 bits per heavy atom. The van der Waals surface area contributed by atoms with E-state index >= 15 is 0 Å². The van der Waals surface area contributed by atoms with Gasteiger partial charge < -0.3 is 15.2 Å². The lowest BCUT2D eigenvalue weighted by Gasteiger charge is -2.26. The normalized spacial score (nSPS) is 12.7. The van der Waals surface area contributed by atoms with E-state index in [0.29, 0.717) is 18.7 Å². The molecule has 1 unspecified atom stereocenters. The van der Waals surface area contributed by atoms with E-state index in [1.54, 1.807) is 6.92 Å². The molecule has 1 amide bonds. The van der Waals surface area contributed by atoms with Crippen LogP contribution in [0.3, 0.4) is 0 Å². The first-order valence-electron chi connectivity index (χ1n) is 7.45. The molecule has 0 heterocycles. The molecule has 0 saturated carbocycles. The minimum absolute atomic E-state index is 0.406. The Morgan fingerprint density at radius 1 is 1.26 bits per heavy atom. The van der Waals surface area contributed by atoms with Gasteiger partial charge in [0.1, 0.15) is 11.4 Å². The van der Waals surface area contributed by atoms with Gasteiger partial charge in [-0.05, 0) is 49.2 Å². The lowest BCUT2D eigenvalue weighted by Crippen LogP contribution is -2.39. The van der Waals surface area contributed by atoms with Crippen molar-refractivity contribution in [3.8, 4) is 5.75 Å². The zero-order valence-electron chi connectivity index (χ0n) is 13.5. The number of carbonyl (C=O) groups is 2. The average molecular weight is 315 g/mol. The second-order valence-electron chi connectivity index (χ2n) is 6.19. The monoisotopic (exact) mass is 315 g/mol. The summed E-state index contributed by atoms with van der Waals surface area (Å²) in [6.07, 6.45) is 0.649. The van der Waals surface area contributed by atoms with Gasteiger partial charge in [-0.15, -0.1) is 0 Å². The van der Waals surface area contributed by atoms with Crippen LogP contribution in [0.4, 0.5) is 0 Å². The maximum absolute atomic E-state index is 11.1. The summed E-state index contributed by atoms with van der Waals surface area (Å²) in [4.78, 5) is 21.5. The topological polar surface area (TPSA) is 75.6 Å². The number of carboxylic acid groups (broad SMARTS) is 1. The molecule has 0 aliphatic heterocycles. The number of fused-ring (bicyclic) bond motifs is 1. The Morgan fingerprint density at radius 2 is 1.91 bits per heavy atom. The van der Waals surface area contributed by atoms with Gasteiger partial charge >= 0.3 is 5.97 Å². The van der Waals surface area contributed by atoms with Gasteiger partial charge in [0.05, 0.1) is 12.5 Å². The molecule has 5 heteroatoms. The van der Waals surface area contributed by atoms with E-state index in [-0.39, 0.29) is 0 Å². The summed E-state index contributed by atoms with van der Waals surface area (Å²) in [5.74, 6) is -0.674. The van der Waals surface area contributed by atoms with Crippen LogP contribution >= 0.6 is 0 Å². The van der Waals surface area contributed by atoms with E-state index in [0.717, 1.165) is 16.3 Å². The van der Waals surface area contributed by atoms with Crippen molar-refractivity contribution in [2.75, 3.05) is 6.54 Å². The molecule has 23 heavy (non-hydrogen) atoms. The van der Waals surface area contributed by atoms with E-state index in [4.69, 9.17) is 9.84 Å². The van der Waals surface area contributed by atoms with Gasteiger partial charge in [0.2, 0.25) is 6.41 Å². The Balaban J connectivity index is 2.24. The molecule has 0 bridgehead atoms.